The number of hydrogen-bond acceptors (Lipinski definition) is 1. The standard InChI is InChI=1S/C8H7ClN2.ClH/c9-4-6-2-1-3-8-7(6)5-10-11-8;/h1-3,5H,4H2,(H,10,11);1H. The first-order chi connectivity index (χ1) is 5.42. The number of nitrogens with one attached hydrogen (secondary N) is 1. The van der Waals surface area contributed by atoms with Gasteiger partial charge in [0.2, 0.25) is 0 Å². The van der Waals surface area contributed by atoms with Crippen LogP contribution < -0.4 is 0 Å². The Labute approximate surface area is 81.3 Å². The molecule has 0 unspecified atom stereocenters. The van der Waals surface area contributed by atoms with E-state index in [9.17, 15) is 0 Å². The number of aromatic amines is 1. The summed E-state index contributed by atoms with van der Waals surface area (Å²) in [6.07, 6.45) is 1.80. The summed E-state index contributed by atoms with van der Waals surface area (Å²) < 4.78 is 0. The minimum absolute atomic E-state index is 0. The van der Waals surface area contributed by atoms with Gasteiger partial charge in [-0.25, -0.2) is 0 Å². The zero-order valence-corrected chi connectivity index (χ0v) is 7.82. The third kappa shape index (κ3) is 1.40. The number of nitrogens with zero attached hydrogens (tertiary/aromatic N) is 1. The summed E-state index contributed by atoms with van der Waals surface area (Å²) >= 11 is 5.72. The van der Waals surface area contributed by atoms with Crippen molar-refractivity contribution in [1.29, 1.82) is 0 Å². The molecule has 0 aliphatic carbocycles. The van der Waals surface area contributed by atoms with Crippen molar-refractivity contribution >= 4 is 34.9 Å². The van der Waals surface area contributed by atoms with Crippen LogP contribution in [-0.4, -0.2) is 10.2 Å². The highest BCUT2D eigenvalue weighted by molar-refractivity contribution is 6.17. The molecule has 0 atom stereocenters. The lowest BCUT2D eigenvalue weighted by Gasteiger charge is -1.94. The maximum absolute atomic E-state index is 5.72. The highest BCUT2D eigenvalue weighted by Crippen LogP contribution is 2.17. The Balaban J connectivity index is 0.000000720. The number of halogens is 2. The molecule has 0 aliphatic heterocycles. The number of fused-ring (bicyclic) bond motifs is 1. The fourth-order valence-electron chi connectivity index (χ4n) is 1.15. The van der Waals surface area contributed by atoms with Crippen LogP contribution in [0.1, 0.15) is 5.56 Å². The third-order valence-electron chi connectivity index (χ3n) is 1.72. The van der Waals surface area contributed by atoms with Crippen LogP contribution in [0.2, 0.25) is 0 Å². The molecule has 2 rings (SSSR count). The van der Waals surface area contributed by atoms with Gasteiger partial charge >= 0.3 is 0 Å². The first kappa shape index (κ1) is 9.36. The van der Waals surface area contributed by atoms with E-state index in [1.54, 1.807) is 6.20 Å². The predicted molar refractivity (Wildman–Crippen MR) is 52.9 cm³/mol. The van der Waals surface area contributed by atoms with Crippen molar-refractivity contribution in [3.8, 4) is 0 Å². The van der Waals surface area contributed by atoms with Crippen LogP contribution in [0.3, 0.4) is 0 Å². The van der Waals surface area contributed by atoms with Gasteiger partial charge in [0, 0.05) is 11.3 Å². The normalized spacial score (nSPS) is 9.75. The molecule has 12 heavy (non-hydrogen) atoms. The maximum atomic E-state index is 5.72. The Bertz CT molecular complexity index is 370. The molecule has 2 aromatic rings. The molecule has 1 heterocycles. The molecular formula is C8H8Cl2N2. The van der Waals surface area contributed by atoms with Crippen molar-refractivity contribution in [1.82, 2.24) is 10.2 Å². The zero-order valence-electron chi connectivity index (χ0n) is 6.25. The largest absolute Gasteiger partial charge is 0.278 e. The Kier molecular flexibility index (Phi) is 2.95. The molecule has 0 saturated heterocycles. The summed E-state index contributed by atoms with van der Waals surface area (Å²) in [7, 11) is 0. The lowest BCUT2D eigenvalue weighted by Crippen LogP contribution is -1.77. The highest BCUT2D eigenvalue weighted by atomic mass is 35.5. The van der Waals surface area contributed by atoms with Crippen LogP contribution in [0.4, 0.5) is 0 Å². The highest BCUT2D eigenvalue weighted by Gasteiger charge is 1.99. The predicted octanol–water partition coefficient (Wildman–Crippen LogP) is 2.72. The van der Waals surface area contributed by atoms with E-state index in [0.29, 0.717) is 5.88 Å². The molecule has 0 bridgehead atoms. The second-order valence-electron chi connectivity index (χ2n) is 2.38. The van der Waals surface area contributed by atoms with E-state index in [2.05, 4.69) is 10.2 Å². The summed E-state index contributed by atoms with van der Waals surface area (Å²) in [4.78, 5) is 0. The minimum atomic E-state index is 0. The van der Waals surface area contributed by atoms with Crippen molar-refractivity contribution in [2.24, 2.45) is 0 Å². The van der Waals surface area contributed by atoms with E-state index in [0.717, 1.165) is 16.5 Å². The van der Waals surface area contributed by atoms with Crippen LogP contribution in [0.15, 0.2) is 24.4 Å². The summed E-state index contributed by atoms with van der Waals surface area (Å²) in [6, 6.07) is 5.96. The van der Waals surface area contributed by atoms with Crippen molar-refractivity contribution in [3.05, 3.63) is 30.0 Å². The van der Waals surface area contributed by atoms with E-state index < -0.39 is 0 Å². The number of alkyl halides is 1. The van der Waals surface area contributed by atoms with Gasteiger partial charge in [-0.1, -0.05) is 12.1 Å². The smallest absolute Gasteiger partial charge is 0.0653 e. The van der Waals surface area contributed by atoms with Gasteiger partial charge in [0.05, 0.1) is 11.7 Å². The Morgan fingerprint density at radius 2 is 2.25 bits per heavy atom. The van der Waals surface area contributed by atoms with E-state index in [1.165, 1.54) is 0 Å². The number of hydrogen-bond donors (Lipinski definition) is 1. The molecule has 0 amide bonds. The summed E-state index contributed by atoms with van der Waals surface area (Å²) in [6.45, 7) is 0. The Morgan fingerprint density at radius 1 is 1.42 bits per heavy atom. The molecule has 1 aromatic heterocycles. The van der Waals surface area contributed by atoms with Crippen molar-refractivity contribution in [2.45, 2.75) is 5.88 Å². The Morgan fingerprint density at radius 3 is 3.00 bits per heavy atom. The molecule has 0 aliphatic rings. The van der Waals surface area contributed by atoms with Crippen LogP contribution in [0, 0.1) is 0 Å². The minimum Gasteiger partial charge on any atom is -0.278 e. The van der Waals surface area contributed by atoms with E-state index in [-0.39, 0.29) is 12.4 Å². The lowest BCUT2D eigenvalue weighted by atomic mass is 10.1. The molecule has 0 radical (unpaired) electrons. The second-order valence-corrected chi connectivity index (χ2v) is 2.65. The van der Waals surface area contributed by atoms with E-state index in [1.807, 2.05) is 18.2 Å². The van der Waals surface area contributed by atoms with Crippen molar-refractivity contribution in [2.75, 3.05) is 0 Å². The number of rotatable bonds is 1. The second kappa shape index (κ2) is 3.78. The van der Waals surface area contributed by atoms with E-state index >= 15 is 0 Å². The molecule has 2 nitrogen and oxygen atoms in total. The van der Waals surface area contributed by atoms with Gasteiger partial charge in [0.15, 0.2) is 0 Å². The first-order valence-corrected chi connectivity index (χ1v) is 3.92. The molecule has 0 spiro atoms. The number of aromatic nitrogens is 2. The third-order valence-corrected chi connectivity index (χ3v) is 2.01. The SMILES string of the molecule is Cl.ClCc1cccc2[nH]ncc12. The lowest BCUT2D eigenvalue weighted by molar-refractivity contribution is 1.12. The van der Waals surface area contributed by atoms with Crippen molar-refractivity contribution < 1.29 is 0 Å². The summed E-state index contributed by atoms with van der Waals surface area (Å²) in [5.74, 6) is 0.539. The fourth-order valence-corrected chi connectivity index (χ4v) is 1.38. The van der Waals surface area contributed by atoms with Gasteiger partial charge < -0.3 is 0 Å². The molecule has 4 heteroatoms. The fraction of sp³-hybridized carbons (Fsp3) is 0.125. The number of benzene rings is 1. The van der Waals surface area contributed by atoms with Gasteiger partial charge in [-0.15, -0.1) is 24.0 Å². The van der Waals surface area contributed by atoms with Crippen molar-refractivity contribution in [3.63, 3.8) is 0 Å². The quantitative estimate of drug-likeness (QED) is 0.709. The average Bonchev–Trinajstić information content (AvgIpc) is 2.50. The van der Waals surface area contributed by atoms with Gasteiger partial charge in [0.25, 0.3) is 0 Å². The Hall–Kier alpha value is -0.730. The summed E-state index contributed by atoms with van der Waals surface area (Å²) in [5, 5.41) is 7.93. The van der Waals surface area contributed by atoms with E-state index in [4.69, 9.17) is 11.6 Å². The van der Waals surface area contributed by atoms with Gasteiger partial charge in [-0.05, 0) is 11.6 Å². The number of H-pyrrole nitrogens is 1. The molecular weight excluding hydrogens is 195 g/mol. The molecule has 1 aromatic carbocycles. The molecule has 64 valence electrons. The van der Waals surface area contributed by atoms with Gasteiger partial charge in [-0.2, -0.15) is 5.10 Å². The summed E-state index contributed by atoms with van der Waals surface area (Å²) in [5.41, 5.74) is 2.17. The zero-order chi connectivity index (χ0) is 7.68. The van der Waals surface area contributed by atoms with Crippen LogP contribution in [0.25, 0.3) is 10.9 Å². The van der Waals surface area contributed by atoms with Gasteiger partial charge in [-0.3, -0.25) is 5.10 Å². The van der Waals surface area contributed by atoms with Crippen LogP contribution >= 0.6 is 24.0 Å². The van der Waals surface area contributed by atoms with Gasteiger partial charge in [0.1, 0.15) is 0 Å². The maximum Gasteiger partial charge on any atom is 0.0653 e. The molecule has 0 fully saturated rings. The average molecular weight is 203 g/mol. The monoisotopic (exact) mass is 202 g/mol. The van der Waals surface area contributed by atoms with Crippen LogP contribution in [0.5, 0.6) is 0 Å². The molecule has 0 saturated carbocycles. The molecule has 1 N–H and O–H groups in total. The first-order valence-electron chi connectivity index (χ1n) is 3.39. The topological polar surface area (TPSA) is 28.7 Å². The van der Waals surface area contributed by atoms with Crippen LogP contribution in [-0.2, 0) is 5.88 Å².